The maximum atomic E-state index is 9.88. The van der Waals surface area contributed by atoms with Crippen LogP contribution in [0.1, 0.15) is 25.7 Å². The van der Waals surface area contributed by atoms with Crippen LogP contribution in [0, 0.1) is 12.3 Å². The van der Waals surface area contributed by atoms with Crippen LogP contribution < -0.4 is 0 Å². The molecule has 1 saturated carbocycles. The molecule has 0 aliphatic heterocycles. The molecular weight excluding hydrogens is 128 g/mol. The average Bonchev–Trinajstić information content (AvgIpc) is 2.39. The van der Waals surface area contributed by atoms with Crippen molar-refractivity contribution in [2.24, 2.45) is 0 Å². The molecule has 0 bridgehead atoms. The van der Waals surface area contributed by atoms with Gasteiger partial charge < -0.3 is 4.74 Å². The summed E-state index contributed by atoms with van der Waals surface area (Å²) in [6.45, 7) is 1.41. The van der Waals surface area contributed by atoms with Crippen molar-refractivity contribution < 1.29 is 9.53 Å². The molecule has 0 spiro atoms. The van der Waals surface area contributed by atoms with Crippen molar-refractivity contribution in [1.82, 2.24) is 0 Å². The van der Waals surface area contributed by atoms with Gasteiger partial charge in [0.1, 0.15) is 0 Å². The number of rotatable bonds is 2. The Labute approximate surface area is 60.6 Å². The van der Waals surface area contributed by atoms with E-state index in [0.717, 1.165) is 25.7 Å². The van der Waals surface area contributed by atoms with E-state index < -0.39 is 5.60 Å². The third-order valence-corrected chi connectivity index (χ3v) is 1.91. The van der Waals surface area contributed by atoms with Gasteiger partial charge >= 0.3 is 6.47 Å². The first-order valence-corrected chi connectivity index (χ1v) is 3.36. The van der Waals surface area contributed by atoms with Crippen LogP contribution >= 0.6 is 0 Å². The predicted octanol–water partition coefficient (Wildman–Crippen LogP) is 1.02. The quantitative estimate of drug-likeness (QED) is 0.531. The van der Waals surface area contributed by atoms with Crippen LogP contribution in [0.5, 0.6) is 0 Å². The lowest BCUT2D eigenvalue weighted by Crippen LogP contribution is -2.25. The van der Waals surface area contributed by atoms with Gasteiger partial charge in [0.25, 0.3) is 0 Å². The zero-order valence-corrected chi connectivity index (χ0v) is 5.72. The maximum Gasteiger partial charge on any atom is 0.419 e. The number of ether oxygens (including phenoxy) is 1. The third kappa shape index (κ3) is 1.13. The van der Waals surface area contributed by atoms with Crippen molar-refractivity contribution in [3.05, 3.63) is 0 Å². The van der Waals surface area contributed by atoms with E-state index in [0.29, 0.717) is 0 Å². The highest BCUT2D eigenvalue weighted by molar-refractivity contribution is 5.41. The second-order valence-corrected chi connectivity index (χ2v) is 2.53. The summed E-state index contributed by atoms with van der Waals surface area (Å²) in [4.78, 5) is 9.88. The Kier molecular flexibility index (Phi) is 1.96. The summed E-state index contributed by atoms with van der Waals surface area (Å²) in [5.74, 6) is 2.49. The zero-order chi connectivity index (χ0) is 7.45. The Morgan fingerprint density at radius 1 is 1.40 bits per heavy atom. The second-order valence-electron chi connectivity index (χ2n) is 2.53. The lowest BCUT2D eigenvalue weighted by atomic mass is 10.0. The van der Waals surface area contributed by atoms with Crippen molar-refractivity contribution >= 4 is 6.47 Å². The Hall–Kier alpha value is -0.970. The lowest BCUT2D eigenvalue weighted by Gasteiger charge is -2.18. The van der Waals surface area contributed by atoms with Crippen LogP contribution in [-0.2, 0) is 9.53 Å². The molecule has 2 nitrogen and oxygen atoms in total. The van der Waals surface area contributed by atoms with E-state index in [-0.39, 0.29) is 0 Å². The number of hydrogen-bond donors (Lipinski definition) is 0. The van der Waals surface area contributed by atoms with Crippen LogP contribution in [0.3, 0.4) is 0 Å². The smallest absolute Gasteiger partial charge is 0.419 e. The minimum Gasteiger partial charge on any atom is -0.437 e. The Balaban J connectivity index is 2.59. The molecular formula is C8H9O2. The minimum atomic E-state index is -0.609. The number of terminal acetylenes is 1. The van der Waals surface area contributed by atoms with Crippen LogP contribution in [0.2, 0.25) is 0 Å². The Morgan fingerprint density at radius 2 is 2.00 bits per heavy atom. The van der Waals surface area contributed by atoms with Gasteiger partial charge in [-0.15, -0.1) is 6.42 Å². The highest BCUT2D eigenvalue weighted by Crippen LogP contribution is 2.31. The van der Waals surface area contributed by atoms with Crippen molar-refractivity contribution in [3.8, 4) is 12.3 Å². The molecule has 1 aliphatic rings. The highest BCUT2D eigenvalue weighted by atomic mass is 16.5. The van der Waals surface area contributed by atoms with Gasteiger partial charge in [0.2, 0.25) is 0 Å². The standard InChI is InChI=1S/C8H9O2/c1-2-8(10-7-9)5-3-4-6-8/h1H,3-6H2. The van der Waals surface area contributed by atoms with Gasteiger partial charge in [0.05, 0.1) is 0 Å². The summed E-state index contributed by atoms with van der Waals surface area (Å²) >= 11 is 0. The highest BCUT2D eigenvalue weighted by Gasteiger charge is 2.33. The van der Waals surface area contributed by atoms with Gasteiger partial charge in [0.15, 0.2) is 5.60 Å². The fourth-order valence-corrected chi connectivity index (χ4v) is 1.30. The molecule has 0 saturated heterocycles. The van der Waals surface area contributed by atoms with Crippen LogP contribution in [0.4, 0.5) is 0 Å². The SMILES string of the molecule is C#CC1(O[C]=O)CCCC1. The molecule has 0 heterocycles. The largest absolute Gasteiger partial charge is 0.437 e. The molecule has 1 radical (unpaired) electrons. The molecule has 10 heavy (non-hydrogen) atoms. The molecule has 0 unspecified atom stereocenters. The number of hydrogen-bond acceptors (Lipinski definition) is 2. The summed E-state index contributed by atoms with van der Waals surface area (Å²) < 4.78 is 4.70. The van der Waals surface area contributed by atoms with E-state index in [2.05, 4.69) is 5.92 Å². The third-order valence-electron chi connectivity index (χ3n) is 1.91. The Morgan fingerprint density at radius 3 is 2.40 bits per heavy atom. The topological polar surface area (TPSA) is 26.3 Å². The molecule has 0 N–H and O–H groups in total. The van der Waals surface area contributed by atoms with Crippen molar-refractivity contribution in [1.29, 1.82) is 0 Å². The average molecular weight is 137 g/mol. The second kappa shape index (κ2) is 2.74. The van der Waals surface area contributed by atoms with Crippen molar-refractivity contribution in [3.63, 3.8) is 0 Å². The van der Waals surface area contributed by atoms with E-state index >= 15 is 0 Å². The molecule has 0 aromatic heterocycles. The molecule has 0 amide bonds. The number of carbonyl (C=O) groups excluding carboxylic acids is 1. The summed E-state index contributed by atoms with van der Waals surface area (Å²) in [5, 5.41) is 0. The first-order valence-electron chi connectivity index (χ1n) is 3.36. The van der Waals surface area contributed by atoms with E-state index in [1.807, 2.05) is 0 Å². The van der Waals surface area contributed by atoms with E-state index in [1.165, 1.54) is 6.47 Å². The first-order chi connectivity index (χ1) is 4.83. The maximum absolute atomic E-state index is 9.88. The monoisotopic (exact) mass is 137 g/mol. The van der Waals surface area contributed by atoms with Gasteiger partial charge in [-0.05, 0) is 25.7 Å². The molecule has 1 rings (SSSR count). The zero-order valence-electron chi connectivity index (χ0n) is 5.72. The molecule has 53 valence electrons. The van der Waals surface area contributed by atoms with Crippen molar-refractivity contribution in [2.75, 3.05) is 0 Å². The molecule has 1 fully saturated rings. The molecule has 1 aliphatic carbocycles. The minimum absolute atomic E-state index is 0.609. The van der Waals surface area contributed by atoms with E-state index in [4.69, 9.17) is 11.2 Å². The Bertz CT molecular complexity index is 161. The predicted molar refractivity (Wildman–Crippen MR) is 36.8 cm³/mol. The summed E-state index contributed by atoms with van der Waals surface area (Å²) in [6, 6.07) is 0. The van der Waals surface area contributed by atoms with E-state index in [1.54, 1.807) is 0 Å². The van der Waals surface area contributed by atoms with Gasteiger partial charge in [-0.25, -0.2) is 4.79 Å². The molecule has 0 atom stereocenters. The fourth-order valence-electron chi connectivity index (χ4n) is 1.30. The summed E-state index contributed by atoms with van der Waals surface area (Å²) in [6.07, 6.45) is 8.88. The fraction of sp³-hybridized carbons (Fsp3) is 0.625. The van der Waals surface area contributed by atoms with Gasteiger partial charge in [-0.2, -0.15) is 0 Å². The van der Waals surface area contributed by atoms with Crippen LogP contribution in [-0.4, -0.2) is 12.1 Å². The van der Waals surface area contributed by atoms with Gasteiger partial charge in [-0.1, -0.05) is 5.92 Å². The molecule has 2 heteroatoms. The van der Waals surface area contributed by atoms with Gasteiger partial charge in [-0.3, -0.25) is 0 Å². The molecule has 0 aromatic carbocycles. The summed E-state index contributed by atoms with van der Waals surface area (Å²) in [5.41, 5.74) is -0.609. The van der Waals surface area contributed by atoms with Crippen molar-refractivity contribution in [2.45, 2.75) is 31.3 Å². The molecule has 0 aromatic rings. The van der Waals surface area contributed by atoms with E-state index in [9.17, 15) is 4.79 Å². The van der Waals surface area contributed by atoms with Crippen LogP contribution in [0.15, 0.2) is 0 Å². The lowest BCUT2D eigenvalue weighted by molar-refractivity contribution is 0.117. The summed E-state index contributed by atoms with van der Waals surface area (Å²) in [7, 11) is 0. The normalized spacial score (nSPS) is 21.5. The van der Waals surface area contributed by atoms with Gasteiger partial charge in [0, 0.05) is 0 Å². The first kappa shape index (κ1) is 7.14. The van der Waals surface area contributed by atoms with Crippen LogP contribution in [0.25, 0.3) is 0 Å².